The van der Waals surface area contributed by atoms with Crippen molar-refractivity contribution < 1.29 is 0 Å². The van der Waals surface area contributed by atoms with Crippen LogP contribution >= 0.6 is 24.8 Å². The molecule has 0 aromatic rings. The number of hydrogen-bond acceptors (Lipinski definition) is 2. The van der Waals surface area contributed by atoms with Gasteiger partial charge in [-0.25, -0.2) is 0 Å². The lowest BCUT2D eigenvalue weighted by atomic mass is 10.3. The summed E-state index contributed by atoms with van der Waals surface area (Å²) >= 11 is 0. The molecule has 4 heteroatoms. The van der Waals surface area contributed by atoms with Gasteiger partial charge in [-0.2, -0.15) is 0 Å². The fourth-order valence-corrected chi connectivity index (χ4v) is 0.677. The molecular formula is C4H12Cl2N2. The van der Waals surface area contributed by atoms with Crippen LogP contribution in [0.1, 0.15) is 6.42 Å². The molecule has 1 rings (SSSR count). The Hall–Kier alpha value is 0.500. The maximum absolute atomic E-state index is 5.47. The molecule has 1 fully saturated rings. The van der Waals surface area contributed by atoms with Crippen LogP contribution in [0.5, 0.6) is 0 Å². The highest BCUT2D eigenvalue weighted by Gasteiger charge is 2.06. The minimum Gasteiger partial charge on any atom is -0.327 e. The number of nitrogens with two attached hydrogens (primary N) is 1. The van der Waals surface area contributed by atoms with E-state index >= 15 is 0 Å². The van der Waals surface area contributed by atoms with Crippen molar-refractivity contribution in [2.75, 3.05) is 13.1 Å². The molecule has 0 amide bonds. The fraction of sp³-hybridized carbons (Fsp3) is 1.00. The molecule has 8 heavy (non-hydrogen) atoms. The molecule has 0 aliphatic carbocycles. The van der Waals surface area contributed by atoms with Gasteiger partial charge in [0.05, 0.1) is 0 Å². The van der Waals surface area contributed by atoms with Crippen LogP contribution in [-0.2, 0) is 0 Å². The second kappa shape index (κ2) is 5.63. The molecule has 1 aliphatic heterocycles. The zero-order valence-corrected chi connectivity index (χ0v) is 6.23. The highest BCUT2D eigenvalue weighted by molar-refractivity contribution is 5.85. The first-order valence-corrected chi connectivity index (χ1v) is 2.36. The van der Waals surface area contributed by atoms with Crippen LogP contribution in [0.3, 0.4) is 0 Å². The predicted molar refractivity (Wildman–Crippen MR) is 40.0 cm³/mol. The van der Waals surface area contributed by atoms with Gasteiger partial charge < -0.3 is 11.1 Å². The second-order valence-corrected chi connectivity index (χ2v) is 1.75. The van der Waals surface area contributed by atoms with Crippen molar-refractivity contribution in [1.82, 2.24) is 5.32 Å². The van der Waals surface area contributed by atoms with E-state index in [0.717, 1.165) is 19.5 Å². The van der Waals surface area contributed by atoms with Crippen molar-refractivity contribution in [2.24, 2.45) is 5.73 Å². The van der Waals surface area contributed by atoms with E-state index in [9.17, 15) is 0 Å². The molecule has 0 aromatic heterocycles. The number of rotatable bonds is 0. The van der Waals surface area contributed by atoms with Crippen LogP contribution in [0, 0.1) is 0 Å². The maximum Gasteiger partial charge on any atom is 0.0177 e. The molecule has 2 nitrogen and oxygen atoms in total. The van der Waals surface area contributed by atoms with Crippen LogP contribution < -0.4 is 11.1 Å². The molecular weight excluding hydrogens is 147 g/mol. The first-order valence-electron chi connectivity index (χ1n) is 2.36. The minimum absolute atomic E-state index is 0. The highest BCUT2D eigenvalue weighted by atomic mass is 35.5. The van der Waals surface area contributed by atoms with Crippen molar-refractivity contribution in [2.45, 2.75) is 12.5 Å². The molecule has 0 unspecified atom stereocenters. The third-order valence-electron chi connectivity index (χ3n) is 1.10. The summed E-state index contributed by atoms with van der Waals surface area (Å²) in [6, 6.07) is 0.435. The molecule has 0 aromatic carbocycles. The van der Waals surface area contributed by atoms with Crippen LogP contribution in [0.25, 0.3) is 0 Å². The molecule has 1 aliphatic rings. The van der Waals surface area contributed by atoms with Gasteiger partial charge in [-0.15, -0.1) is 24.8 Å². The van der Waals surface area contributed by atoms with Gasteiger partial charge >= 0.3 is 0 Å². The van der Waals surface area contributed by atoms with Gasteiger partial charge in [-0.1, -0.05) is 0 Å². The summed E-state index contributed by atoms with van der Waals surface area (Å²) in [5, 5.41) is 3.15. The van der Waals surface area contributed by atoms with Gasteiger partial charge in [0, 0.05) is 12.6 Å². The van der Waals surface area contributed by atoms with E-state index in [4.69, 9.17) is 5.73 Å². The summed E-state index contributed by atoms with van der Waals surface area (Å²) in [7, 11) is 0. The summed E-state index contributed by atoms with van der Waals surface area (Å²) in [5.74, 6) is 0. The Bertz CT molecular complexity index is 45.3. The van der Waals surface area contributed by atoms with Gasteiger partial charge in [0.25, 0.3) is 0 Å². The largest absolute Gasteiger partial charge is 0.327 e. The topological polar surface area (TPSA) is 38.0 Å². The molecule has 52 valence electrons. The Labute approximate surface area is 62.0 Å². The third-order valence-corrected chi connectivity index (χ3v) is 1.10. The Kier molecular flexibility index (Phi) is 7.97. The lowest BCUT2D eigenvalue weighted by Gasteiger charge is -1.91. The second-order valence-electron chi connectivity index (χ2n) is 1.75. The summed E-state index contributed by atoms with van der Waals surface area (Å²) in [6.45, 7) is 2.13. The number of halogens is 2. The van der Waals surface area contributed by atoms with Crippen LogP contribution in [0.2, 0.25) is 0 Å². The number of hydrogen-bond donors (Lipinski definition) is 2. The first-order chi connectivity index (χ1) is 2.89. The minimum atomic E-state index is 0. The molecule has 1 atom stereocenters. The molecule has 3 N–H and O–H groups in total. The van der Waals surface area contributed by atoms with Gasteiger partial charge in [0.15, 0.2) is 0 Å². The normalized spacial score (nSPS) is 25.9. The van der Waals surface area contributed by atoms with Gasteiger partial charge in [-0.05, 0) is 13.0 Å². The average molecular weight is 159 g/mol. The molecule has 0 bridgehead atoms. The quantitative estimate of drug-likeness (QED) is 0.528. The third kappa shape index (κ3) is 3.50. The Morgan fingerprint density at radius 3 is 2.12 bits per heavy atom. The Morgan fingerprint density at radius 1 is 1.38 bits per heavy atom. The Balaban J connectivity index is 0. The van der Waals surface area contributed by atoms with Crippen LogP contribution in [-0.4, -0.2) is 19.1 Å². The summed E-state index contributed by atoms with van der Waals surface area (Å²) in [6.07, 6.45) is 1.15. The van der Waals surface area contributed by atoms with Crippen molar-refractivity contribution in [3.05, 3.63) is 0 Å². The van der Waals surface area contributed by atoms with E-state index in [2.05, 4.69) is 5.32 Å². The Morgan fingerprint density at radius 2 is 2.00 bits per heavy atom. The van der Waals surface area contributed by atoms with Crippen molar-refractivity contribution in [1.29, 1.82) is 0 Å². The summed E-state index contributed by atoms with van der Waals surface area (Å²) in [5.41, 5.74) is 5.47. The van der Waals surface area contributed by atoms with Crippen LogP contribution in [0.4, 0.5) is 0 Å². The standard InChI is InChI=1S/C4H10N2.2ClH/c5-4-1-2-6-3-4;;/h4,6H,1-3,5H2;2*1H/t4-;;/m1../s1. The van der Waals surface area contributed by atoms with Crippen molar-refractivity contribution in [3.63, 3.8) is 0 Å². The van der Waals surface area contributed by atoms with E-state index in [1.54, 1.807) is 0 Å². The molecule has 1 saturated heterocycles. The van der Waals surface area contributed by atoms with Crippen molar-refractivity contribution >= 4 is 24.8 Å². The molecule has 0 saturated carbocycles. The van der Waals surface area contributed by atoms with E-state index in [1.807, 2.05) is 0 Å². The smallest absolute Gasteiger partial charge is 0.0177 e. The lowest BCUT2D eigenvalue weighted by molar-refractivity contribution is 0.742. The van der Waals surface area contributed by atoms with E-state index in [1.165, 1.54) is 0 Å². The van der Waals surface area contributed by atoms with Gasteiger partial charge in [0.2, 0.25) is 0 Å². The number of nitrogens with one attached hydrogen (secondary N) is 1. The predicted octanol–water partition coefficient (Wildman–Crippen LogP) is 0.151. The highest BCUT2D eigenvalue weighted by Crippen LogP contribution is 1.90. The fourth-order valence-electron chi connectivity index (χ4n) is 0.677. The van der Waals surface area contributed by atoms with Crippen molar-refractivity contribution in [3.8, 4) is 0 Å². The monoisotopic (exact) mass is 158 g/mol. The zero-order valence-electron chi connectivity index (χ0n) is 4.59. The molecule has 0 spiro atoms. The first kappa shape index (κ1) is 11.3. The van der Waals surface area contributed by atoms with Gasteiger partial charge in [-0.3, -0.25) is 0 Å². The van der Waals surface area contributed by atoms with Gasteiger partial charge in [0.1, 0.15) is 0 Å². The van der Waals surface area contributed by atoms with E-state index in [0.29, 0.717) is 6.04 Å². The average Bonchev–Trinajstić information content (AvgIpc) is 1.86. The SMILES string of the molecule is Cl.Cl.N[C@@H]1CCNC1. The summed E-state index contributed by atoms with van der Waals surface area (Å²) in [4.78, 5) is 0. The van der Waals surface area contributed by atoms with Crippen LogP contribution in [0.15, 0.2) is 0 Å². The lowest BCUT2D eigenvalue weighted by Crippen LogP contribution is -2.21. The molecule has 1 heterocycles. The molecule has 0 radical (unpaired) electrons. The van der Waals surface area contributed by atoms with E-state index in [-0.39, 0.29) is 24.8 Å². The maximum atomic E-state index is 5.47. The zero-order chi connectivity index (χ0) is 4.41. The summed E-state index contributed by atoms with van der Waals surface area (Å²) < 4.78 is 0. The van der Waals surface area contributed by atoms with E-state index < -0.39 is 0 Å².